The molecule has 0 fully saturated rings. The first-order chi connectivity index (χ1) is 14.7. The monoisotopic (exact) mass is 496 g/mol. The van der Waals surface area contributed by atoms with Crippen LogP contribution >= 0.6 is 34.5 Å². The Labute approximate surface area is 190 Å². The number of fused-ring (bicyclic) bond motifs is 1. The molecule has 31 heavy (non-hydrogen) atoms. The molecule has 4 rings (SSSR count). The highest BCUT2D eigenvalue weighted by Gasteiger charge is 2.20. The van der Waals surface area contributed by atoms with Crippen molar-refractivity contribution < 1.29 is 8.42 Å². The van der Waals surface area contributed by atoms with Crippen LogP contribution in [0.15, 0.2) is 40.8 Å². The van der Waals surface area contributed by atoms with Gasteiger partial charge in [0, 0.05) is 22.7 Å². The topological polar surface area (TPSA) is 111 Å². The van der Waals surface area contributed by atoms with Crippen LogP contribution in [0.5, 0.6) is 0 Å². The molecule has 0 bridgehead atoms. The molecular weight excluding hydrogens is 483 g/mol. The minimum absolute atomic E-state index is 0.160. The molecule has 0 radical (unpaired) electrons. The number of nitrogens with zero attached hydrogens (tertiary/aromatic N) is 5. The van der Waals surface area contributed by atoms with E-state index in [0.717, 1.165) is 5.41 Å². The van der Waals surface area contributed by atoms with Crippen LogP contribution in [-0.2, 0) is 17.1 Å². The third-order valence-corrected chi connectivity index (χ3v) is 6.80. The molecule has 0 saturated carbocycles. The van der Waals surface area contributed by atoms with Crippen molar-refractivity contribution in [3.05, 3.63) is 67.0 Å². The summed E-state index contributed by atoms with van der Waals surface area (Å²) in [5.74, 6) is 0. The van der Waals surface area contributed by atoms with Gasteiger partial charge in [-0.2, -0.15) is 0 Å². The van der Waals surface area contributed by atoms with E-state index in [9.17, 15) is 13.2 Å². The minimum Gasteiger partial charge on any atom is -0.277 e. The van der Waals surface area contributed by atoms with Crippen molar-refractivity contribution in [2.45, 2.75) is 6.92 Å². The second kappa shape index (κ2) is 8.08. The standard InChI is InChI=1S/C18H14Cl2N6O3S2/c1-10-22-23-17(30-10)15-16-21-8-11(9-26(16)25(2)18(15)27)24-31(28,29)7-6-12-13(19)4-3-5-14(12)20/h3-9,24H,1-2H3/b7-6+. The smallest absolute Gasteiger partial charge is 0.277 e. The van der Waals surface area contributed by atoms with Crippen LogP contribution < -0.4 is 10.3 Å². The summed E-state index contributed by atoms with van der Waals surface area (Å²) in [4.78, 5) is 17.0. The van der Waals surface area contributed by atoms with Gasteiger partial charge in [0.25, 0.3) is 15.6 Å². The lowest BCUT2D eigenvalue weighted by Crippen LogP contribution is -2.16. The number of anilines is 1. The predicted octanol–water partition coefficient (Wildman–Crippen LogP) is 3.58. The molecule has 0 aliphatic rings. The summed E-state index contributed by atoms with van der Waals surface area (Å²) in [6.07, 6.45) is 4.08. The number of hydrogen-bond acceptors (Lipinski definition) is 7. The highest BCUT2D eigenvalue weighted by Crippen LogP contribution is 2.27. The Balaban J connectivity index is 1.69. The summed E-state index contributed by atoms with van der Waals surface area (Å²) < 4.78 is 30.2. The van der Waals surface area contributed by atoms with E-state index in [-0.39, 0.29) is 11.2 Å². The lowest BCUT2D eigenvalue weighted by atomic mass is 10.2. The summed E-state index contributed by atoms with van der Waals surface area (Å²) in [5, 5.41) is 10.7. The summed E-state index contributed by atoms with van der Waals surface area (Å²) in [7, 11) is -2.36. The average Bonchev–Trinajstić information content (AvgIpc) is 3.22. The largest absolute Gasteiger partial charge is 0.279 e. The van der Waals surface area contributed by atoms with Gasteiger partial charge in [-0.3, -0.25) is 9.52 Å². The molecule has 9 nitrogen and oxygen atoms in total. The molecule has 1 N–H and O–H groups in total. The van der Waals surface area contributed by atoms with E-state index >= 15 is 0 Å². The van der Waals surface area contributed by atoms with Crippen LogP contribution in [0.1, 0.15) is 10.6 Å². The van der Waals surface area contributed by atoms with E-state index in [1.165, 1.54) is 39.0 Å². The Morgan fingerprint density at radius 3 is 2.55 bits per heavy atom. The van der Waals surface area contributed by atoms with E-state index in [2.05, 4.69) is 19.9 Å². The number of rotatable bonds is 5. The van der Waals surface area contributed by atoms with Crippen LogP contribution in [-0.4, -0.2) is 32.8 Å². The SMILES string of the molecule is Cc1nnc(-c2c(=O)n(C)n3cc(NS(=O)(=O)/C=C/c4c(Cl)cccc4Cl)cnc23)s1. The van der Waals surface area contributed by atoms with Crippen LogP contribution in [0.2, 0.25) is 10.0 Å². The van der Waals surface area contributed by atoms with Gasteiger partial charge in [0.15, 0.2) is 10.7 Å². The van der Waals surface area contributed by atoms with Crippen LogP contribution in [0.4, 0.5) is 5.69 Å². The Kier molecular flexibility index (Phi) is 5.60. The van der Waals surface area contributed by atoms with Gasteiger partial charge in [-0.25, -0.2) is 22.6 Å². The van der Waals surface area contributed by atoms with Crippen molar-refractivity contribution >= 4 is 62.0 Å². The highest BCUT2D eigenvalue weighted by molar-refractivity contribution is 7.95. The Morgan fingerprint density at radius 1 is 1.19 bits per heavy atom. The van der Waals surface area contributed by atoms with E-state index < -0.39 is 10.0 Å². The Morgan fingerprint density at radius 2 is 1.90 bits per heavy atom. The molecule has 0 aliphatic carbocycles. The maximum atomic E-state index is 12.7. The molecular formula is C18H14Cl2N6O3S2. The number of halogens is 2. The van der Waals surface area contributed by atoms with Gasteiger partial charge in [-0.05, 0) is 25.1 Å². The van der Waals surface area contributed by atoms with Crippen molar-refractivity contribution in [1.82, 2.24) is 24.4 Å². The van der Waals surface area contributed by atoms with E-state index in [4.69, 9.17) is 23.2 Å². The molecule has 160 valence electrons. The number of aromatic nitrogens is 5. The first kappa shape index (κ1) is 21.5. The molecule has 3 heterocycles. The second-order valence-electron chi connectivity index (χ2n) is 6.43. The number of nitrogens with one attached hydrogen (secondary N) is 1. The fourth-order valence-corrected chi connectivity index (χ4v) is 4.91. The summed E-state index contributed by atoms with van der Waals surface area (Å²) in [6.45, 7) is 1.79. The maximum absolute atomic E-state index is 12.7. The van der Waals surface area contributed by atoms with Gasteiger partial charge in [-0.15, -0.1) is 10.2 Å². The molecule has 3 aromatic heterocycles. The van der Waals surface area contributed by atoms with Crippen LogP contribution in [0, 0.1) is 6.92 Å². The van der Waals surface area contributed by atoms with Crippen molar-refractivity contribution in [2.24, 2.45) is 7.05 Å². The van der Waals surface area contributed by atoms with Gasteiger partial charge in [-0.1, -0.05) is 40.6 Å². The third kappa shape index (κ3) is 4.22. The van der Waals surface area contributed by atoms with Gasteiger partial charge in [0.2, 0.25) is 0 Å². The van der Waals surface area contributed by atoms with Gasteiger partial charge < -0.3 is 0 Å². The van der Waals surface area contributed by atoms with E-state index in [1.54, 1.807) is 32.2 Å². The fraction of sp³-hybridized carbons (Fsp3) is 0.111. The van der Waals surface area contributed by atoms with E-state index in [1.807, 2.05) is 0 Å². The molecule has 13 heteroatoms. The highest BCUT2D eigenvalue weighted by atomic mass is 35.5. The van der Waals surface area contributed by atoms with Crippen molar-refractivity contribution in [3.63, 3.8) is 0 Å². The van der Waals surface area contributed by atoms with Gasteiger partial charge in [0.05, 0.1) is 23.5 Å². The first-order valence-corrected chi connectivity index (χ1v) is 11.8. The predicted molar refractivity (Wildman–Crippen MR) is 122 cm³/mol. The summed E-state index contributed by atoms with van der Waals surface area (Å²) >= 11 is 13.4. The summed E-state index contributed by atoms with van der Waals surface area (Å²) in [6, 6.07) is 4.87. The zero-order chi connectivity index (χ0) is 22.3. The average molecular weight is 497 g/mol. The molecule has 0 aliphatic heterocycles. The van der Waals surface area contributed by atoms with Gasteiger partial charge >= 0.3 is 0 Å². The fourth-order valence-electron chi connectivity index (χ4n) is 2.84. The molecule has 4 aromatic rings. The Hall–Kier alpha value is -2.73. The molecule has 0 spiro atoms. The van der Waals surface area contributed by atoms with Crippen molar-refractivity contribution in [2.75, 3.05) is 4.72 Å². The lowest BCUT2D eigenvalue weighted by Gasteiger charge is -2.07. The maximum Gasteiger partial charge on any atom is 0.279 e. The van der Waals surface area contributed by atoms with Crippen LogP contribution in [0.3, 0.4) is 0 Å². The molecule has 0 saturated heterocycles. The number of sulfonamides is 1. The lowest BCUT2D eigenvalue weighted by molar-refractivity contribution is 0.609. The molecule has 1 aromatic carbocycles. The molecule has 0 atom stereocenters. The van der Waals surface area contributed by atoms with Gasteiger partial charge in [0.1, 0.15) is 10.6 Å². The molecule has 0 amide bonds. The first-order valence-electron chi connectivity index (χ1n) is 8.69. The van der Waals surface area contributed by atoms with E-state index in [0.29, 0.717) is 36.8 Å². The Bertz CT molecular complexity index is 1480. The number of aryl methyl sites for hydroxylation is 2. The van der Waals surface area contributed by atoms with Crippen molar-refractivity contribution in [3.8, 4) is 10.6 Å². The van der Waals surface area contributed by atoms with Crippen LogP contribution in [0.25, 0.3) is 22.3 Å². The summed E-state index contributed by atoms with van der Waals surface area (Å²) in [5.41, 5.74) is 0.861. The van der Waals surface area contributed by atoms with Crippen molar-refractivity contribution in [1.29, 1.82) is 0 Å². The zero-order valence-electron chi connectivity index (χ0n) is 16.1. The zero-order valence-corrected chi connectivity index (χ0v) is 19.2. The molecule has 0 unspecified atom stereocenters. The normalized spacial score (nSPS) is 12.1. The quantitative estimate of drug-likeness (QED) is 0.451. The minimum atomic E-state index is -3.91. The third-order valence-electron chi connectivity index (χ3n) is 4.27. The number of benzene rings is 1. The number of hydrogen-bond donors (Lipinski definition) is 1. The second-order valence-corrected chi connectivity index (χ2v) is 9.99.